The second-order valence-corrected chi connectivity index (χ2v) is 6.51. The molecule has 1 atom stereocenters. The first-order valence-electron chi connectivity index (χ1n) is 8.32. The van der Waals surface area contributed by atoms with Crippen molar-refractivity contribution in [3.8, 4) is 17.0 Å². The van der Waals surface area contributed by atoms with Gasteiger partial charge in [0.25, 0.3) is 0 Å². The Bertz CT molecular complexity index is 841. The topological polar surface area (TPSA) is 73.3 Å². The number of benzene rings is 1. The molecule has 1 aromatic heterocycles. The molecule has 0 radical (unpaired) electrons. The highest BCUT2D eigenvalue weighted by Gasteiger charge is 2.42. The number of piperazine rings is 1. The third kappa shape index (κ3) is 3.49. The number of nitrogens with one attached hydrogen (secondary N) is 2. The van der Waals surface area contributed by atoms with Crippen molar-refractivity contribution in [1.82, 2.24) is 15.5 Å². The summed E-state index contributed by atoms with van der Waals surface area (Å²) in [6.45, 7) is 5.37. The van der Waals surface area contributed by atoms with Crippen molar-refractivity contribution in [3.63, 3.8) is 0 Å². The van der Waals surface area contributed by atoms with Crippen LogP contribution in [0.4, 0.5) is 20.3 Å². The Kier molecular flexibility index (Phi) is 6.34. The first kappa shape index (κ1) is 21.4. The lowest BCUT2D eigenvalue weighted by Gasteiger charge is -2.51. The van der Waals surface area contributed by atoms with E-state index in [4.69, 9.17) is 0 Å². The molecule has 4 rings (SSSR count). The average molecular weight is 420 g/mol. The maximum absolute atomic E-state index is 13.7. The SMILES string of the molecule is CCC12CNCCN1c1cc(-c3cc(F)cc(F)c3O)nnc1NC2.Cl.Cl. The molecule has 0 bridgehead atoms. The van der Waals surface area contributed by atoms with Crippen molar-refractivity contribution in [2.45, 2.75) is 18.9 Å². The molecule has 148 valence electrons. The average Bonchev–Trinajstić information content (AvgIpc) is 2.64. The number of rotatable bonds is 2. The number of fused-ring (bicyclic) bond motifs is 3. The number of hydrogen-bond acceptors (Lipinski definition) is 6. The van der Waals surface area contributed by atoms with Crippen LogP contribution in [0.5, 0.6) is 5.75 Å². The zero-order valence-electron chi connectivity index (χ0n) is 14.6. The maximum Gasteiger partial charge on any atom is 0.172 e. The summed E-state index contributed by atoms with van der Waals surface area (Å²) in [5.74, 6) is -1.77. The first-order chi connectivity index (χ1) is 12.0. The summed E-state index contributed by atoms with van der Waals surface area (Å²) in [6.07, 6.45) is 0.934. The highest BCUT2D eigenvalue weighted by molar-refractivity contribution is 5.85. The van der Waals surface area contributed by atoms with Crippen molar-refractivity contribution >= 4 is 36.3 Å². The van der Waals surface area contributed by atoms with Crippen molar-refractivity contribution in [1.29, 1.82) is 0 Å². The molecule has 1 unspecified atom stereocenters. The third-order valence-electron chi connectivity index (χ3n) is 5.15. The first-order valence-corrected chi connectivity index (χ1v) is 8.32. The Morgan fingerprint density at radius 2 is 1.96 bits per heavy atom. The van der Waals surface area contributed by atoms with Crippen LogP contribution in [0.15, 0.2) is 18.2 Å². The maximum atomic E-state index is 13.7. The van der Waals surface area contributed by atoms with Crippen molar-refractivity contribution in [2.24, 2.45) is 0 Å². The number of halogens is 4. The van der Waals surface area contributed by atoms with E-state index in [1.807, 2.05) is 0 Å². The Morgan fingerprint density at radius 3 is 2.70 bits per heavy atom. The van der Waals surface area contributed by atoms with Crippen LogP contribution in [-0.4, -0.2) is 47.0 Å². The lowest BCUT2D eigenvalue weighted by Crippen LogP contribution is -2.66. The quantitative estimate of drug-likeness (QED) is 0.694. The van der Waals surface area contributed by atoms with Crippen LogP contribution in [0, 0.1) is 11.6 Å². The van der Waals surface area contributed by atoms with E-state index in [-0.39, 0.29) is 41.6 Å². The number of hydrogen-bond donors (Lipinski definition) is 3. The van der Waals surface area contributed by atoms with Gasteiger partial charge in [0.2, 0.25) is 0 Å². The number of nitrogens with zero attached hydrogens (tertiary/aromatic N) is 3. The Balaban J connectivity index is 0.00000131. The molecule has 1 saturated heterocycles. The Labute approximate surface area is 168 Å². The molecule has 27 heavy (non-hydrogen) atoms. The lowest BCUT2D eigenvalue weighted by molar-refractivity contribution is 0.323. The van der Waals surface area contributed by atoms with E-state index in [0.29, 0.717) is 11.9 Å². The van der Waals surface area contributed by atoms with Gasteiger partial charge in [-0.1, -0.05) is 6.92 Å². The summed E-state index contributed by atoms with van der Waals surface area (Å²) in [5.41, 5.74) is 0.988. The van der Waals surface area contributed by atoms with E-state index in [2.05, 4.69) is 32.7 Å². The van der Waals surface area contributed by atoms with Gasteiger partial charge in [-0.25, -0.2) is 8.78 Å². The Morgan fingerprint density at radius 1 is 1.19 bits per heavy atom. The normalized spacial score (nSPS) is 20.5. The molecule has 1 aromatic carbocycles. The molecule has 2 aliphatic heterocycles. The molecule has 3 heterocycles. The number of anilines is 2. The van der Waals surface area contributed by atoms with Crippen LogP contribution in [0.3, 0.4) is 0 Å². The molecule has 0 aliphatic carbocycles. The van der Waals surface area contributed by atoms with E-state index < -0.39 is 17.4 Å². The van der Waals surface area contributed by atoms with Crippen molar-refractivity contribution in [2.75, 3.05) is 36.4 Å². The van der Waals surface area contributed by atoms with Gasteiger partial charge in [-0.3, -0.25) is 0 Å². The minimum Gasteiger partial charge on any atom is -0.504 e. The van der Waals surface area contributed by atoms with Gasteiger partial charge in [-0.15, -0.1) is 35.0 Å². The monoisotopic (exact) mass is 419 g/mol. The van der Waals surface area contributed by atoms with Gasteiger partial charge in [0.1, 0.15) is 5.82 Å². The molecular formula is C17H21Cl2F2N5O. The second-order valence-electron chi connectivity index (χ2n) is 6.51. The van der Waals surface area contributed by atoms with Crippen LogP contribution in [-0.2, 0) is 0 Å². The van der Waals surface area contributed by atoms with Gasteiger partial charge in [-0.2, -0.15) is 0 Å². The van der Waals surface area contributed by atoms with Gasteiger partial charge in [0, 0.05) is 37.8 Å². The predicted octanol–water partition coefficient (Wildman–Crippen LogP) is 2.95. The second kappa shape index (κ2) is 8.00. The zero-order valence-corrected chi connectivity index (χ0v) is 16.3. The van der Waals surface area contributed by atoms with E-state index in [1.165, 1.54) is 0 Å². The van der Waals surface area contributed by atoms with E-state index in [0.717, 1.165) is 44.4 Å². The predicted molar refractivity (Wildman–Crippen MR) is 105 cm³/mol. The highest BCUT2D eigenvalue weighted by Crippen LogP contribution is 2.40. The number of phenols is 1. The van der Waals surface area contributed by atoms with Crippen molar-refractivity contribution < 1.29 is 13.9 Å². The van der Waals surface area contributed by atoms with Crippen molar-refractivity contribution in [3.05, 3.63) is 29.8 Å². The van der Waals surface area contributed by atoms with E-state index >= 15 is 0 Å². The number of phenolic OH excluding ortho intramolecular Hbond substituents is 1. The lowest BCUT2D eigenvalue weighted by atomic mass is 9.88. The minimum absolute atomic E-state index is 0. The molecule has 2 aromatic rings. The van der Waals surface area contributed by atoms with E-state index in [9.17, 15) is 13.9 Å². The van der Waals surface area contributed by atoms with Crippen LogP contribution >= 0.6 is 24.8 Å². The van der Waals surface area contributed by atoms with Gasteiger partial charge in [0.05, 0.1) is 16.9 Å². The number of aromatic nitrogens is 2. The Hall–Kier alpha value is -1.90. The van der Waals surface area contributed by atoms with Gasteiger partial charge >= 0.3 is 0 Å². The van der Waals surface area contributed by atoms with Crippen LogP contribution in [0.1, 0.15) is 13.3 Å². The molecular weight excluding hydrogens is 399 g/mol. The largest absolute Gasteiger partial charge is 0.504 e. The van der Waals surface area contributed by atoms with Crippen LogP contribution in [0.2, 0.25) is 0 Å². The molecule has 3 N–H and O–H groups in total. The molecule has 10 heteroatoms. The molecule has 1 fully saturated rings. The van der Waals surface area contributed by atoms with Crippen LogP contribution < -0.4 is 15.5 Å². The molecule has 0 spiro atoms. The van der Waals surface area contributed by atoms with Gasteiger partial charge in [0.15, 0.2) is 17.4 Å². The summed E-state index contributed by atoms with van der Waals surface area (Å²) in [4.78, 5) is 2.28. The zero-order chi connectivity index (χ0) is 17.6. The molecule has 0 amide bonds. The smallest absolute Gasteiger partial charge is 0.172 e. The number of aromatic hydroxyl groups is 1. The standard InChI is InChI=1S/C17H19F2N5O.2ClH/c1-2-17-8-20-3-4-24(17)14-7-13(22-23-16(14)21-9-17)11-5-10(18)6-12(19)15(11)25;;/h5-7,20,25H,2-4,8-9H2,1H3,(H,21,23);2*1H. The fourth-order valence-electron chi connectivity index (χ4n) is 3.67. The summed E-state index contributed by atoms with van der Waals surface area (Å²) in [5, 5.41) is 24.9. The van der Waals surface area contributed by atoms with Gasteiger partial charge in [-0.05, 0) is 18.6 Å². The summed E-state index contributed by atoms with van der Waals surface area (Å²) < 4.78 is 27.3. The van der Waals surface area contributed by atoms with E-state index in [1.54, 1.807) is 6.07 Å². The van der Waals surface area contributed by atoms with Gasteiger partial charge < -0.3 is 20.6 Å². The third-order valence-corrected chi connectivity index (χ3v) is 5.15. The molecule has 0 saturated carbocycles. The fourth-order valence-corrected chi connectivity index (χ4v) is 3.67. The minimum atomic E-state index is -1.02. The highest BCUT2D eigenvalue weighted by atomic mass is 35.5. The fraction of sp³-hybridized carbons (Fsp3) is 0.412. The summed E-state index contributed by atoms with van der Waals surface area (Å²) >= 11 is 0. The molecule has 6 nitrogen and oxygen atoms in total. The molecule has 2 aliphatic rings. The summed E-state index contributed by atoms with van der Waals surface area (Å²) in [6, 6.07) is 3.44. The summed E-state index contributed by atoms with van der Waals surface area (Å²) in [7, 11) is 0. The van der Waals surface area contributed by atoms with Crippen LogP contribution in [0.25, 0.3) is 11.3 Å².